The molecule has 0 bridgehead atoms. The molecule has 0 aliphatic carbocycles. The standard InChI is InChI=1S/C15H16N2S/c1-9(2)13-6-7-14(18-13)15-16-11-5-4-10(3)8-12(11)17-15/h4-9H,1-3H3,(H,16,17). The maximum absolute atomic E-state index is 4.65. The molecule has 0 atom stereocenters. The summed E-state index contributed by atoms with van der Waals surface area (Å²) in [5.41, 5.74) is 3.41. The highest BCUT2D eigenvalue weighted by Crippen LogP contribution is 2.31. The van der Waals surface area contributed by atoms with Crippen LogP contribution < -0.4 is 0 Å². The van der Waals surface area contributed by atoms with Gasteiger partial charge in [0.25, 0.3) is 0 Å². The summed E-state index contributed by atoms with van der Waals surface area (Å²) in [6, 6.07) is 10.7. The third-order valence-corrected chi connectivity index (χ3v) is 4.46. The summed E-state index contributed by atoms with van der Waals surface area (Å²) in [7, 11) is 0. The van der Waals surface area contributed by atoms with Crippen molar-refractivity contribution in [3.8, 4) is 10.7 Å². The van der Waals surface area contributed by atoms with E-state index in [4.69, 9.17) is 0 Å². The number of hydrogen-bond acceptors (Lipinski definition) is 2. The van der Waals surface area contributed by atoms with Crippen molar-refractivity contribution in [1.29, 1.82) is 0 Å². The van der Waals surface area contributed by atoms with Crippen molar-refractivity contribution < 1.29 is 0 Å². The van der Waals surface area contributed by atoms with Gasteiger partial charge in [0.1, 0.15) is 5.82 Å². The fraction of sp³-hybridized carbons (Fsp3) is 0.267. The summed E-state index contributed by atoms with van der Waals surface area (Å²) in [6.07, 6.45) is 0. The Balaban J connectivity index is 2.07. The molecule has 3 heteroatoms. The molecule has 0 fully saturated rings. The molecule has 0 aliphatic rings. The van der Waals surface area contributed by atoms with E-state index in [1.165, 1.54) is 15.3 Å². The number of H-pyrrole nitrogens is 1. The van der Waals surface area contributed by atoms with Crippen molar-refractivity contribution >= 4 is 22.4 Å². The maximum atomic E-state index is 4.65. The van der Waals surface area contributed by atoms with Crippen molar-refractivity contribution in [2.24, 2.45) is 0 Å². The van der Waals surface area contributed by atoms with Gasteiger partial charge in [0.05, 0.1) is 15.9 Å². The molecule has 0 amide bonds. The van der Waals surface area contributed by atoms with Crippen molar-refractivity contribution in [2.45, 2.75) is 26.7 Å². The molecular formula is C15H16N2S. The van der Waals surface area contributed by atoms with Gasteiger partial charge >= 0.3 is 0 Å². The first-order chi connectivity index (χ1) is 8.63. The molecule has 2 nitrogen and oxygen atoms in total. The lowest BCUT2D eigenvalue weighted by Crippen LogP contribution is -1.77. The van der Waals surface area contributed by atoms with Crippen molar-refractivity contribution in [3.63, 3.8) is 0 Å². The first kappa shape index (κ1) is 11.5. The third-order valence-electron chi connectivity index (χ3n) is 3.07. The topological polar surface area (TPSA) is 28.7 Å². The van der Waals surface area contributed by atoms with Gasteiger partial charge in [-0.2, -0.15) is 0 Å². The van der Waals surface area contributed by atoms with Crippen LogP contribution in [0.15, 0.2) is 30.3 Å². The van der Waals surface area contributed by atoms with E-state index in [0.717, 1.165) is 16.9 Å². The van der Waals surface area contributed by atoms with Gasteiger partial charge in [0, 0.05) is 4.88 Å². The number of fused-ring (bicyclic) bond motifs is 1. The Bertz CT molecular complexity index is 691. The lowest BCUT2D eigenvalue weighted by molar-refractivity contribution is 0.890. The number of aromatic amines is 1. The molecule has 0 saturated heterocycles. The third kappa shape index (κ3) is 1.95. The summed E-state index contributed by atoms with van der Waals surface area (Å²) in [5, 5.41) is 0. The summed E-state index contributed by atoms with van der Waals surface area (Å²) >= 11 is 1.82. The predicted molar refractivity (Wildman–Crippen MR) is 78.2 cm³/mol. The first-order valence-corrected chi connectivity index (χ1v) is 7.01. The molecule has 2 aromatic heterocycles. The SMILES string of the molecule is Cc1ccc2nc(-c3ccc(C(C)C)s3)[nH]c2c1. The monoisotopic (exact) mass is 256 g/mol. The molecule has 18 heavy (non-hydrogen) atoms. The van der Waals surface area contributed by atoms with Gasteiger partial charge < -0.3 is 4.98 Å². The molecule has 1 N–H and O–H groups in total. The Morgan fingerprint density at radius 1 is 1.17 bits per heavy atom. The molecule has 92 valence electrons. The highest BCUT2D eigenvalue weighted by atomic mass is 32.1. The predicted octanol–water partition coefficient (Wildman–Crippen LogP) is 4.72. The van der Waals surface area contributed by atoms with Crippen LogP contribution in [0.5, 0.6) is 0 Å². The Morgan fingerprint density at radius 2 is 2.00 bits per heavy atom. The van der Waals surface area contributed by atoms with Crippen molar-refractivity contribution in [3.05, 3.63) is 40.8 Å². The van der Waals surface area contributed by atoms with E-state index in [9.17, 15) is 0 Å². The zero-order chi connectivity index (χ0) is 12.7. The number of aromatic nitrogens is 2. The molecular weight excluding hydrogens is 240 g/mol. The number of thiophene rings is 1. The van der Waals surface area contributed by atoms with Crippen LogP contribution in [0.1, 0.15) is 30.2 Å². The van der Waals surface area contributed by atoms with Crippen molar-refractivity contribution in [2.75, 3.05) is 0 Å². The Labute approximate surface area is 111 Å². The molecule has 0 aliphatic heterocycles. The lowest BCUT2D eigenvalue weighted by atomic mass is 10.2. The number of nitrogens with zero attached hydrogens (tertiary/aromatic N) is 1. The Morgan fingerprint density at radius 3 is 2.72 bits per heavy atom. The van der Waals surface area contributed by atoms with Gasteiger partial charge in [-0.3, -0.25) is 0 Å². The smallest absolute Gasteiger partial charge is 0.148 e. The average Bonchev–Trinajstić information content (AvgIpc) is 2.93. The van der Waals surface area contributed by atoms with Crippen molar-refractivity contribution in [1.82, 2.24) is 9.97 Å². The fourth-order valence-corrected chi connectivity index (χ4v) is 2.99. The molecule has 0 spiro atoms. The van der Waals surface area contributed by atoms with Crippen LogP contribution in [0.2, 0.25) is 0 Å². The summed E-state index contributed by atoms with van der Waals surface area (Å²) in [5.74, 6) is 1.56. The minimum absolute atomic E-state index is 0.579. The van der Waals surface area contributed by atoms with E-state index in [-0.39, 0.29) is 0 Å². The Hall–Kier alpha value is -1.61. The summed E-state index contributed by atoms with van der Waals surface area (Å²) in [6.45, 7) is 6.54. The normalized spacial score (nSPS) is 11.6. The van der Waals surface area contributed by atoms with Crippen LogP contribution in [0.25, 0.3) is 21.7 Å². The number of rotatable bonds is 2. The van der Waals surface area contributed by atoms with E-state index < -0.39 is 0 Å². The summed E-state index contributed by atoms with van der Waals surface area (Å²) < 4.78 is 0. The van der Waals surface area contributed by atoms with Gasteiger partial charge in [0.15, 0.2) is 0 Å². The fourth-order valence-electron chi connectivity index (χ4n) is 2.03. The van der Waals surface area contributed by atoms with E-state index in [2.05, 4.69) is 61.1 Å². The molecule has 2 heterocycles. The second-order valence-corrected chi connectivity index (χ2v) is 6.08. The van der Waals surface area contributed by atoms with Gasteiger partial charge in [0.2, 0.25) is 0 Å². The van der Waals surface area contributed by atoms with Gasteiger partial charge in [-0.1, -0.05) is 19.9 Å². The van der Waals surface area contributed by atoms with E-state index >= 15 is 0 Å². The zero-order valence-electron chi connectivity index (χ0n) is 10.8. The quantitative estimate of drug-likeness (QED) is 0.706. The van der Waals surface area contributed by atoms with Crippen LogP contribution in [-0.4, -0.2) is 9.97 Å². The summed E-state index contributed by atoms with van der Waals surface area (Å²) in [4.78, 5) is 10.7. The minimum atomic E-state index is 0.579. The molecule has 0 saturated carbocycles. The van der Waals surface area contributed by atoms with Crippen LogP contribution in [0.4, 0.5) is 0 Å². The maximum Gasteiger partial charge on any atom is 0.148 e. The second kappa shape index (κ2) is 4.25. The average molecular weight is 256 g/mol. The first-order valence-electron chi connectivity index (χ1n) is 6.20. The van der Waals surface area contributed by atoms with Crippen LogP contribution in [0.3, 0.4) is 0 Å². The number of nitrogens with one attached hydrogen (secondary N) is 1. The van der Waals surface area contributed by atoms with Gasteiger partial charge in [-0.05, 0) is 42.7 Å². The van der Waals surface area contributed by atoms with E-state index in [0.29, 0.717) is 5.92 Å². The molecule has 0 unspecified atom stereocenters. The largest absolute Gasteiger partial charge is 0.337 e. The van der Waals surface area contributed by atoms with Gasteiger partial charge in [-0.15, -0.1) is 11.3 Å². The Kier molecular flexibility index (Phi) is 2.71. The highest BCUT2D eigenvalue weighted by molar-refractivity contribution is 7.15. The van der Waals surface area contributed by atoms with E-state index in [1.54, 1.807) is 0 Å². The highest BCUT2D eigenvalue weighted by Gasteiger charge is 2.09. The lowest BCUT2D eigenvalue weighted by Gasteiger charge is -1.97. The molecule has 3 aromatic rings. The molecule has 3 rings (SSSR count). The van der Waals surface area contributed by atoms with Crippen LogP contribution in [0, 0.1) is 6.92 Å². The number of imidazole rings is 1. The zero-order valence-corrected chi connectivity index (χ0v) is 11.6. The minimum Gasteiger partial charge on any atom is -0.337 e. The molecule has 1 aromatic carbocycles. The number of benzene rings is 1. The van der Waals surface area contributed by atoms with E-state index in [1.807, 2.05) is 11.3 Å². The van der Waals surface area contributed by atoms with Gasteiger partial charge in [-0.25, -0.2) is 4.98 Å². The van der Waals surface area contributed by atoms with Crippen LogP contribution in [-0.2, 0) is 0 Å². The molecule has 0 radical (unpaired) electrons. The number of hydrogen-bond donors (Lipinski definition) is 1. The number of aryl methyl sites for hydroxylation is 1. The second-order valence-electron chi connectivity index (χ2n) is 4.96. The van der Waals surface area contributed by atoms with Crippen LogP contribution >= 0.6 is 11.3 Å².